The molecule has 0 aromatic rings. The van der Waals surface area contributed by atoms with Gasteiger partial charge in [0, 0.05) is 12.9 Å². The summed E-state index contributed by atoms with van der Waals surface area (Å²) in [7, 11) is 1.75. The van der Waals surface area contributed by atoms with Crippen molar-refractivity contribution >= 4 is 11.8 Å². The zero-order chi connectivity index (χ0) is 6.95. The van der Waals surface area contributed by atoms with Gasteiger partial charge in [0.25, 0.3) is 0 Å². The molecule has 0 saturated heterocycles. The third-order valence-corrected chi connectivity index (χ3v) is 2.11. The van der Waals surface area contributed by atoms with Gasteiger partial charge >= 0.3 is 0 Å². The lowest BCUT2D eigenvalue weighted by Gasteiger charge is -1.97. The third kappa shape index (κ3) is 8.31. The molecule has 2 heteroatoms. The van der Waals surface area contributed by atoms with Crippen molar-refractivity contribution in [2.75, 3.05) is 25.2 Å². The van der Waals surface area contributed by atoms with Crippen LogP contribution < -0.4 is 0 Å². The Morgan fingerprint density at radius 1 is 1.33 bits per heavy atom. The van der Waals surface area contributed by atoms with Crippen molar-refractivity contribution in [3.05, 3.63) is 0 Å². The molecule has 0 aliphatic heterocycles. The van der Waals surface area contributed by atoms with Crippen LogP contribution in [0.3, 0.4) is 0 Å². The first-order valence-corrected chi connectivity index (χ1v) is 4.64. The maximum Gasteiger partial charge on any atom is 0.0552 e. The van der Waals surface area contributed by atoms with Gasteiger partial charge in [-0.15, -0.1) is 0 Å². The van der Waals surface area contributed by atoms with E-state index in [4.69, 9.17) is 4.74 Å². The Kier molecular flexibility index (Phi) is 8.60. The van der Waals surface area contributed by atoms with Crippen molar-refractivity contribution in [2.24, 2.45) is 0 Å². The van der Waals surface area contributed by atoms with Gasteiger partial charge in [0.1, 0.15) is 0 Å². The van der Waals surface area contributed by atoms with E-state index in [-0.39, 0.29) is 0 Å². The van der Waals surface area contributed by atoms with Gasteiger partial charge in [-0.1, -0.05) is 13.3 Å². The molecule has 0 unspecified atom stereocenters. The summed E-state index contributed by atoms with van der Waals surface area (Å²) in [6.07, 6.45) is 2.65. The zero-order valence-corrected chi connectivity index (χ0v) is 7.17. The van der Waals surface area contributed by atoms with E-state index in [1.165, 1.54) is 18.6 Å². The second-order valence-electron chi connectivity index (χ2n) is 1.96. The van der Waals surface area contributed by atoms with E-state index in [1.54, 1.807) is 7.11 Å². The smallest absolute Gasteiger partial charge is 0.0552 e. The second-order valence-corrected chi connectivity index (χ2v) is 3.18. The topological polar surface area (TPSA) is 9.23 Å². The van der Waals surface area contributed by atoms with Gasteiger partial charge in [0.2, 0.25) is 0 Å². The fourth-order valence-corrected chi connectivity index (χ4v) is 1.47. The lowest BCUT2D eigenvalue weighted by atomic mass is 10.4. The monoisotopic (exact) mass is 148 g/mol. The molecule has 0 heterocycles. The highest BCUT2D eigenvalue weighted by molar-refractivity contribution is 7.99. The van der Waals surface area contributed by atoms with E-state index in [1.807, 2.05) is 11.8 Å². The normalized spacial score (nSPS) is 10.0. The summed E-state index contributed by atoms with van der Waals surface area (Å²) in [5.74, 6) is 2.44. The molecule has 0 bridgehead atoms. The van der Waals surface area contributed by atoms with Crippen LogP contribution in [-0.4, -0.2) is 25.2 Å². The zero-order valence-electron chi connectivity index (χ0n) is 6.35. The van der Waals surface area contributed by atoms with E-state index in [2.05, 4.69) is 6.92 Å². The van der Waals surface area contributed by atoms with Crippen LogP contribution in [0.1, 0.15) is 19.8 Å². The summed E-state index contributed by atoms with van der Waals surface area (Å²) in [6, 6.07) is 0. The SMILES string of the molecule is CCCCSCCOC. The molecule has 0 aromatic carbocycles. The average molecular weight is 148 g/mol. The lowest BCUT2D eigenvalue weighted by Crippen LogP contribution is -1.92. The molecule has 0 fully saturated rings. The predicted octanol–water partition coefficient (Wildman–Crippen LogP) is 2.17. The average Bonchev–Trinajstić information content (AvgIpc) is 1.89. The largest absolute Gasteiger partial charge is 0.384 e. The fraction of sp³-hybridized carbons (Fsp3) is 1.00. The molecule has 1 nitrogen and oxygen atoms in total. The molecule has 0 N–H and O–H groups in total. The Morgan fingerprint density at radius 3 is 2.67 bits per heavy atom. The maximum absolute atomic E-state index is 4.90. The van der Waals surface area contributed by atoms with Crippen LogP contribution in [0, 0.1) is 0 Å². The van der Waals surface area contributed by atoms with E-state index in [0.717, 1.165) is 12.4 Å². The Labute approximate surface area is 62.2 Å². The number of thioether (sulfide) groups is 1. The number of hydrogen-bond donors (Lipinski definition) is 0. The quantitative estimate of drug-likeness (QED) is 0.534. The van der Waals surface area contributed by atoms with Crippen molar-refractivity contribution in [3.8, 4) is 0 Å². The van der Waals surface area contributed by atoms with Gasteiger partial charge in [-0.3, -0.25) is 0 Å². The number of rotatable bonds is 6. The highest BCUT2D eigenvalue weighted by Gasteiger charge is 1.85. The molecule has 56 valence electrons. The van der Waals surface area contributed by atoms with Crippen molar-refractivity contribution in [2.45, 2.75) is 19.8 Å². The van der Waals surface area contributed by atoms with Crippen LogP contribution in [0.4, 0.5) is 0 Å². The first-order chi connectivity index (χ1) is 4.41. The molecular formula is C7H16OS. The number of unbranched alkanes of at least 4 members (excludes halogenated alkanes) is 1. The van der Waals surface area contributed by atoms with Gasteiger partial charge in [0.05, 0.1) is 6.61 Å². The van der Waals surface area contributed by atoms with Crippen molar-refractivity contribution in [1.82, 2.24) is 0 Å². The second kappa shape index (κ2) is 8.31. The first kappa shape index (κ1) is 9.31. The van der Waals surface area contributed by atoms with E-state index >= 15 is 0 Å². The van der Waals surface area contributed by atoms with Crippen LogP contribution in [0.5, 0.6) is 0 Å². The minimum Gasteiger partial charge on any atom is -0.384 e. The molecule has 0 aromatic heterocycles. The fourth-order valence-electron chi connectivity index (χ4n) is 0.491. The summed E-state index contributed by atoms with van der Waals surface area (Å²) in [4.78, 5) is 0. The van der Waals surface area contributed by atoms with Crippen LogP contribution in [-0.2, 0) is 4.74 Å². The molecule has 0 atom stereocenters. The lowest BCUT2D eigenvalue weighted by molar-refractivity contribution is 0.218. The van der Waals surface area contributed by atoms with E-state index in [9.17, 15) is 0 Å². The maximum atomic E-state index is 4.90. The minimum absolute atomic E-state index is 0.897. The molecule has 0 aliphatic carbocycles. The Bertz CT molecular complexity index is 42.2. The summed E-state index contributed by atoms with van der Waals surface area (Å²) in [5, 5.41) is 0. The molecule has 0 saturated carbocycles. The van der Waals surface area contributed by atoms with Crippen molar-refractivity contribution in [3.63, 3.8) is 0 Å². The Morgan fingerprint density at radius 2 is 2.11 bits per heavy atom. The van der Waals surface area contributed by atoms with Gasteiger partial charge in [0.15, 0.2) is 0 Å². The third-order valence-electron chi connectivity index (χ3n) is 1.07. The minimum atomic E-state index is 0.897. The molecule has 0 rings (SSSR count). The number of ether oxygens (including phenoxy) is 1. The summed E-state index contributed by atoms with van der Waals surface area (Å²) >= 11 is 1.98. The molecular weight excluding hydrogens is 132 g/mol. The van der Waals surface area contributed by atoms with Crippen LogP contribution in [0.15, 0.2) is 0 Å². The highest BCUT2D eigenvalue weighted by atomic mass is 32.2. The number of hydrogen-bond acceptors (Lipinski definition) is 2. The molecule has 0 amide bonds. The number of methoxy groups -OCH3 is 1. The summed E-state index contributed by atoms with van der Waals surface area (Å²) in [6.45, 7) is 3.12. The molecule has 9 heavy (non-hydrogen) atoms. The van der Waals surface area contributed by atoms with E-state index in [0.29, 0.717) is 0 Å². The first-order valence-electron chi connectivity index (χ1n) is 3.48. The molecule has 0 aliphatic rings. The highest BCUT2D eigenvalue weighted by Crippen LogP contribution is 2.02. The summed E-state index contributed by atoms with van der Waals surface area (Å²) < 4.78 is 4.90. The van der Waals surface area contributed by atoms with Crippen LogP contribution in [0.25, 0.3) is 0 Å². The molecule has 0 radical (unpaired) electrons. The van der Waals surface area contributed by atoms with Gasteiger partial charge < -0.3 is 4.74 Å². The predicted molar refractivity (Wildman–Crippen MR) is 44.1 cm³/mol. The van der Waals surface area contributed by atoms with Crippen LogP contribution >= 0.6 is 11.8 Å². The van der Waals surface area contributed by atoms with Crippen molar-refractivity contribution in [1.29, 1.82) is 0 Å². The molecule has 0 spiro atoms. The summed E-state index contributed by atoms with van der Waals surface area (Å²) in [5.41, 5.74) is 0. The standard InChI is InChI=1S/C7H16OS/c1-3-4-6-9-7-5-8-2/h3-7H2,1-2H3. The van der Waals surface area contributed by atoms with Gasteiger partial charge in [-0.2, -0.15) is 11.8 Å². The Hall–Kier alpha value is 0.310. The van der Waals surface area contributed by atoms with E-state index < -0.39 is 0 Å². The Balaban J connectivity index is 2.60. The van der Waals surface area contributed by atoms with Crippen LogP contribution in [0.2, 0.25) is 0 Å². The van der Waals surface area contributed by atoms with Crippen molar-refractivity contribution < 1.29 is 4.74 Å². The van der Waals surface area contributed by atoms with Gasteiger partial charge in [-0.25, -0.2) is 0 Å². The van der Waals surface area contributed by atoms with Gasteiger partial charge in [-0.05, 0) is 12.2 Å².